The number of aromatic hydroxyl groups is 1. The van der Waals surface area contributed by atoms with E-state index in [1.165, 1.54) is 42.7 Å². The number of hydrogen-bond acceptors (Lipinski definition) is 5. The largest absolute Gasteiger partial charge is 0.508 e. The Morgan fingerprint density at radius 1 is 1.03 bits per heavy atom. The van der Waals surface area contributed by atoms with Gasteiger partial charge in [0.1, 0.15) is 5.75 Å². The summed E-state index contributed by atoms with van der Waals surface area (Å²) >= 11 is 0. The van der Waals surface area contributed by atoms with E-state index in [-0.39, 0.29) is 0 Å². The molecule has 2 aromatic carbocycles. The fraction of sp³-hybridized carbons (Fsp3) is 0.462. The van der Waals surface area contributed by atoms with Crippen molar-refractivity contribution in [3.8, 4) is 17.2 Å². The zero-order valence-electron chi connectivity index (χ0n) is 18.5. The zero-order valence-corrected chi connectivity index (χ0v) is 18.5. The topological polar surface area (TPSA) is 61.0 Å². The van der Waals surface area contributed by atoms with Crippen molar-refractivity contribution in [2.75, 3.05) is 39.5 Å². The van der Waals surface area contributed by atoms with E-state index in [0.717, 1.165) is 67.2 Å². The van der Waals surface area contributed by atoms with Gasteiger partial charge in [0.25, 0.3) is 0 Å². The Morgan fingerprint density at radius 2 is 1.91 bits per heavy atom. The molecule has 1 fully saturated rings. The molecular weight excluding hydrogens is 402 g/mol. The summed E-state index contributed by atoms with van der Waals surface area (Å²) in [5.74, 6) is 2.91. The van der Waals surface area contributed by atoms with Gasteiger partial charge in [-0.15, -0.1) is 0 Å². The maximum atomic E-state index is 9.79. The molecule has 2 N–H and O–H groups in total. The first kappa shape index (κ1) is 19.9. The van der Waals surface area contributed by atoms with Crippen LogP contribution in [0.15, 0.2) is 36.5 Å². The molecule has 0 radical (unpaired) electrons. The molecular formula is C26H31N3O3. The number of nitrogens with zero attached hydrogens (tertiary/aromatic N) is 2. The van der Waals surface area contributed by atoms with Crippen LogP contribution in [-0.2, 0) is 19.4 Å². The molecule has 0 saturated carbocycles. The van der Waals surface area contributed by atoms with Crippen molar-refractivity contribution in [1.82, 2.24) is 14.8 Å². The van der Waals surface area contributed by atoms with Crippen LogP contribution in [0.25, 0.3) is 10.9 Å². The Bertz CT molecular complexity index is 1120. The lowest BCUT2D eigenvalue weighted by Gasteiger charge is -2.31. The summed E-state index contributed by atoms with van der Waals surface area (Å²) in [7, 11) is 0. The number of phenols is 1. The van der Waals surface area contributed by atoms with E-state index in [0.29, 0.717) is 12.5 Å². The van der Waals surface area contributed by atoms with Gasteiger partial charge < -0.3 is 24.5 Å². The normalized spacial score (nSPS) is 20.8. The molecule has 0 amide bonds. The third-order valence-corrected chi connectivity index (χ3v) is 7.34. The van der Waals surface area contributed by atoms with E-state index in [2.05, 4.69) is 33.1 Å². The summed E-state index contributed by atoms with van der Waals surface area (Å²) in [6, 6.07) is 9.93. The van der Waals surface area contributed by atoms with Crippen molar-refractivity contribution >= 4 is 10.9 Å². The van der Waals surface area contributed by atoms with Crippen molar-refractivity contribution in [3.63, 3.8) is 0 Å². The minimum atomic E-state index is 0.339. The number of ether oxygens (including phenoxy) is 2. The molecule has 0 aliphatic carbocycles. The van der Waals surface area contributed by atoms with Gasteiger partial charge in [-0.1, -0.05) is 0 Å². The summed E-state index contributed by atoms with van der Waals surface area (Å²) in [4.78, 5) is 8.58. The Balaban J connectivity index is 0.990. The molecule has 168 valence electrons. The number of likely N-dealkylation sites (tertiary alicyclic amines) is 1. The number of aromatic nitrogens is 1. The predicted octanol–water partition coefficient (Wildman–Crippen LogP) is 3.92. The Morgan fingerprint density at radius 3 is 2.81 bits per heavy atom. The number of benzene rings is 2. The predicted molar refractivity (Wildman–Crippen MR) is 124 cm³/mol. The van der Waals surface area contributed by atoms with Gasteiger partial charge in [-0.25, -0.2) is 0 Å². The maximum Gasteiger partial charge on any atom is 0.231 e. The van der Waals surface area contributed by atoms with E-state index < -0.39 is 0 Å². The number of phenolic OH excluding ortho intramolecular Hbond substituents is 1. The highest BCUT2D eigenvalue weighted by Gasteiger charge is 2.27. The molecule has 0 bridgehead atoms. The number of hydrogen-bond donors (Lipinski definition) is 2. The minimum Gasteiger partial charge on any atom is -0.508 e. The molecule has 32 heavy (non-hydrogen) atoms. The summed E-state index contributed by atoms with van der Waals surface area (Å²) in [6.45, 7) is 7.26. The Kier molecular flexibility index (Phi) is 5.20. The summed E-state index contributed by atoms with van der Waals surface area (Å²) in [5.41, 5.74) is 5.23. The van der Waals surface area contributed by atoms with E-state index >= 15 is 0 Å². The SMILES string of the molecule is Oc1ccc2[nH]cc(CCCN3CCC(CN4CCc5cc6c(cc5C4)OCO6)C3)c2c1. The number of aryl methyl sites for hydroxylation is 1. The van der Waals surface area contributed by atoms with Gasteiger partial charge in [0, 0.05) is 43.3 Å². The lowest BCUT2D eigenvalue weighted by molar-refractivity contribution is 0.174. The van der Waals surface area contributed by atoms with Crippen LogP contribution in [0.3, 0.4) is 0 Å². The molecule has 6 heteroatoms. The maximum absolute atomic E-state index is 9.79. The second-order valence-electron chi connectivity index (χ2n) is 9.56. The van der Waals surface area contributed by atoms with E-state index in [4.69, 9.17) is 9.47 Å². The number of aromatic amines is 1. The van der Waals surface area contributed by atoms with Crippen molar-refractivity contribution < 1.29 is 14.6 Å². The zero-order chi connectivity index (χ0) is 21.5. The third-order valence-electron chi connectivity index (χ3n) is 7.34. The van der Waals surface area contributed by atoms with Gasteiger partial charge in [-0.3, -0.25) is 4.90 Å². The Hall–Kier alpha value is -2.70. The van der Waals surface area contributed by atoms with Gasteiger partial charge in [0.2, 0.25) is 6.79 Å². The standard InChI is InChI=1S/C26H31N3O3/c30-22-3-4-24-23(12-22)20(13-27-24)2-1-7-28-8-5-18(14-28)15-29-9-6-19-10-25-26(32-17-31-25)11-21(19)16-29/h3-4,10-13,18,27,30H,1-2,5-9,14-17H2. The molecule has 1 atom stereocenters. The van der Waals surface area contributed by atoms with Crippen LogP contribution < -0.4 is 9.47 Å². The van der Waals surface area contributed by atoms with Crippen molar-refractivity contribution in [1.29, 1.82) is 0 Å². The van der Waals surface area contributed by atoms with Crippen molar-refractivity contribution in [3.05, 3.63) is 53.2 Å². The molecule has 1 saturated heterocycles. The summed E-state index contributed by atoms with van der Waals surface area (Å²) in [5, 5.41) is 10.9. The average molecular weight is 434 g/mol. The van der Waals surface area contributed by atoms with Gasteiger partial charge in [0.05, 0.1) is 0 Å². The molecule has 0 spiro atoms. The molecule has 1 aromatic heterocycles. The van der Waals surface area contributed by atoms with Gasteiger partial charge in [0.15, 0.2) is 11.5 Å². The Labute approximate surface area is 188 Å². The third kappa shape index (κ3) is 3.93. The average Bonchev–Trinajstić information content (AvgIpc) is 3.52. The minimum absolute atomic E-state index is 0.339. The van der Waals surface area contributed by atoms with E-state index in [1.807, 2.05) is 12.1 Å². The molecule has 3 aromatic rings. The van der Waals surface area contributed by atoms with Crippen LogP contribution in [0.1, 0.15) is 29.5 Å². The van der Waals surface area contributed by atoms with Gasteiger partial charge in [-0.05, 0) is 91.7 Å². The number of rotatable bonds is 6. The van der Waals surface area contributed by atoms with E-state index in [1.54, 1.807) is 6.07 Å². The highest BCUT2D eigenvalue weighted by Crippen LogP contribution is 2.37. The molecule has 3 aliphatic heterocycles. The summed E-state index contributed by atoms with van der Waals surface area (Å²) in [6.07, 6.45) is 6.69. The second kappa shape index (κ2) is 8.34. The molecule has 3 aliphatic rings. The van der Waals surface area contributed by atoms with Crippen LogP contribution in [-0.4, -0.2) is 59.4 Å². The fourth-order valence-electron chi connectivity index (χ4n) is 5.66. The van der Waals surface area contributed by atoms with Crippen LogP contribution in [0, 0.1) is 5.92 Å². The highest BCUT2D eigenvalue weighted by atomic mass is 16.7. The summed E-state index contributed by atoms with van der Waals surface area (Å²) < 4.78 is 11.1. The molecule has 4 heterocycles. The van der Waals surface area contributed by atoms with Crippen molar-refractivity contribution in [2.45, 2.75) is 32.2 Å². The lowest BCUT2D eigenvalue weighted by Crippen LogP contribution is -2.35. The quantitative estimate of drug-likeness (QED) is 0.617. The number of H-pyrrole nitrogens is 1. The molecule has 6 rings (SSSR count). The van der Waals surface area contributed by atoms with Gasteiger partial charge in [-0.2, -0.15) is 0 Å². The first-order chi connectivity index (χ1) is 15.7. The number of nitrogens with one attached hydrogen (secondary N) is 1. The fourth-order valence-corrected chi connectivity index (χ4v) is 5.66. The monoisotopic (exact) mass is 433 g/mol. The molecule has 6 nitrogen and oxygen atoms in total. The molecule has 1 unspecified atom stereocenters. The number of fused-ring (bicyclic) bond motifs is 3. The first-order valence-electron chi connectivity index (χ1n) is 11.9. The van der Waals surface area contributed by atoms with E-state index in [9.17, 15) is 5.11 Å². The lowest BCUT2D eigenvalue weighted by atomic mass is 9.97. The van der Waals surface area contributed by atoms with Crippen LogP contribution >= 0.6 is 0 Å². The van der Waals surface area contributed by atoms with Crippen LogP contribution in [0.4, 0.5) is 0 Å². The highest BCUT2D eigenvalue weighted by molar-refractivity contribution is 5.84. The van der Waals surface area contributed by atoms with Crippen molar-refractivity contribution in [2.24, 2.45) is 5.92 Å². The smallest absolute Gasteiger partial charge is 0.231 e. The van der Waals surface area contributed by atoms with Crippen LogP contribution in [0.2, 0.25) is 0 Å². The van der Waals surface area contributed by atoms with Crippen LogP contribution in [0.5, 0.6) is 17.2 Å². The van der Waals surface area contributed by atoms with Gasteiger partial charge >= 0.3 is 0 Å². The second-order valence-corrected chi connectivity index (χ2v) is 9.56. The first-order valence-corrected chi connectivity index (χ1v) is 11.9.